The lowest BCUT2D eigenvalue weighted by Crippen LogP contribution is -2.47. The molecule has 24 heavy (non-hydrogen) atoms. The number of piperazine rings is 1. The smallest absolute Gasteiger partial charge is 0.264 e. The summed E-state index contributed by atoms with van der Waals surface area (Å²) in [6, 6.07) is 7.72. The molecule has 1 aliphatic rings. The average molecular weight is 326 g/mol. The number of H-pyrrole nitrogens is 1. The van der Waals surface area contributed by atoms with Gasteiger partial charge < -0.3 is 9.80 Å². The van der Waals surface area contributed by atoms with Gasteiger partial charge in [0.25, 0.3) is 5.56 Å². The maximum Gasteiger partial charge on any atom is 0.264 e. The van der Waals surface area contributed by atoms with Crippen molar-refractivity contribution >= 4 is 22.5 Å². The second-order valence-corrected chi connectivity index (χ2v) is 5.61. The van der Waals surface area contributed by atoms with Crippen molar-refractivity contribution in [3.63, 3.8) is 0 Å². The lowest BCUT2D eigenvalue weighted by molar-refractivity contribution is 0.627. The molecule has 1 aromatic carbocycles. The summed E-state index contributed by atoms with van der Waals surface area (Å²) in [4.78, 5) is 23.9. The number of halogens is 1. The number of hydrogen-bond donors (Lipinski definition) is 1. The van der Waals surface area contributed by atoms with Crippen molar-refractivity contribution in [2.75, 3.05) is 36.0 Å². The Balaban J connectivity index is 1.57. The number of hydrogen-bond acceptors (Lipinski definition) is 6. The monoisotopic (exact) mass is 326 g/mol. The van der Waals surface area contributed by atoms with Crippen LogP contribution in [-0.4, -0.2) is 46.3 Å². The first-order valence-electron chi connectivity index (χ1n) is 7.66. The Hall–Kier alpha value is -3.03. The molecule has 0 bridgehead atoms. The minimum Gasteiger partial charge on any atom is -0.352 e. The first kappa shape index (κ1) is 14.6. The van der Waals surface area contributed by atoms with Gasteiger partial charge >= 0.3 is 0 Å². The third-order valence-electron chi connectivity index (χ3n) is 4.14. The molecule has 122 valence electrons. The van der Waals surface area contributed by atoms with E-state index in [1.807, 2.05) is 0 Å². The number of nitrogens with one attached hydrogen (secondary N) is 1. The van der Waals surface area contributed by atoms with Crippen LogP contribution in [0, 0.1) is 5.82 Å². The summed E-state index contributed by atoms with van der Waals surface area (Å²) in [6.07, 6.45) is 1.51. The minimum absolute atomic E-state index is 0.216. The van der Waals surface area contributed by atoms with Gasteiger partial charge in [-0.05, 0) is 24.3 Å². The van der Waals surface area contributed by atoms with Gasteiger partial charge in [0, 0.05) is 37.6 Å². The predicted octanol–water partition coefficient (Wildman–Crippen LogP) is 1.18. The van der Waals surface area contributed by atoms with E-state index in [1.54, 1.807) is 12.1 Å². The van der Waals surface area contributed by atoms with Gasteiger partial charge in [0.1, 0.15) is 23.8 Å². The number of fused-ring (bicyclic) bond motifs is 1. The first-order valence-corrected chi connectivity index (χ1v) is 7.66. The fourth-order valence-corrected chi connectivity index (χ4v) is 2.93. The normalized spacial score (nSPS) is 15.0. The molecule has 1 N–H and O–H groups in total. The van der Waals surface area contributed by atoms with E-state index in [0.717, 1.165) is 43.3 Å². The van der Waals surface area contributed by atoms with E-state index in [-0.39, 0.29) is 11.4 Å². The molecule has 7 nitrogen and oxygen atoms in total. The molecule has 0 amide bonds. The molecule has 1 aliphatic heterocycles. The van der Waals surface area contributed by atoms with Gasteiger partial charge in [-0.3, -0.25) is 4.79 Å². The van der Waals surface area contributed by atoms with E-state index < -0.39 is 0 Å². The Kier molecular flexibility index (Phi) is 3.56. The molecule has 0 saturated carbocycles. The third-order valence-corrected chi connectivity index (χ3v) is 4.14. The van der Waals surface area contributed by atoms with Crippen molar-refractivity contribution < 1.29 is 4.39 Å². The van der Waals surface area contributed by atoms with Crippen molar-refractivity contribution in [2.45, 2.75) is 0 Å². The molecule has 1 saturated heterocycles. The molecule has 0 atom stereocenters. The van der Waals surface area contributed by atoms with E-state index in [9.17, 15) is 9.18 Å². The highest BCUT2D eigenvalue weighted by Gasteiger charge is 2.21. The molecular weight excluding hydrogens is 311 g/mol. The lowest BCUT2D eigenvalue weighted by atomic mass is 10.2. The summed E-state index contributed by atoms with van der Waals surface area (Å²) in [6.45, 7) is 2.92. The quantitative estimate of drug-likeness (QED) is 0.762. The third kappa shape index (κ3) is 2.66. The zero-order chi connectivity index (χ0) is 16.5. The molecule has 1 fully saturated rings. The Morgan fingerprint density at radius 1 is 1.00 bits per heavy atom. The Morgan fingerprint density at radius 2 is 1.79 bits per heavy atom. The van der Waals surface area contributed by atoms with Gasteiger partial charge in [0.05, 0.1) is 5.52 Å². The first-order chi connectivity index (χ1) is 11.7. The van der Waals surface area contributed by atoms with Gasteiger partial charge in [-0.25, -0.2) is 19.5 Å². The van der Waals surface area contributed by atoms with Crippen LogP contribution in [0.15, 0.2) is 41.5 Å². The SMILES string of the molecule is O=c1ccc(N2CCN(c3ncnc4ccc(F)cc34)CC2)n[nH]1. The van der Waals surface area contributed by atoms with Crippen LogP contribution in [0.3, 0.4) is 0 Å². The van der Waals surface area contributed by atoms with Gasteiger partial charge in [-0.1, -0.05) is 0 Å². The second-order valence-electron chi connectivity index (χ2n) is 5.61. The highest BCUT2D eigenvalue weighted by atomic mass is 19.1. The van der Waals surface area contributed by atoms with E-state index in [0.29, 0.717) is 5.39 Å². The Bertz CT molecular complexity index is 915. The molecule has 2 aromatic heterocycles. The van der Waals surface area contributed by atoms with Gasteiger partial charge in [-0.2, -0.15) is 5.10 Å². The maximum atomic E-state index is 13.6. The van der Waals surface area contributed by atoms with Crippen LogP contribution in [0.2, 0.25) is 0 Å². The van der Waals surface area contributed by atoms with E-state index in [1.165, 1.54) is 24.5 Å². The number of anilines is 2. The molecule has 8 heteroatoms. The molecule has 0 unspecified atom stereocenters. The highest BCUT2D eigenvalue weighted by molar-refractivity contribution is 5.89. The molecule has 3 heterocycles. The summed E-state index contributed by atoms with van der Waals surface area (Å²) < 4.78 is 13.6. The van der Waals surface area contributed by atoms with Gasteiger partial charge in [0.2, 0.25) is 0 Å². The summed E-state index contributed by atoms with van der Waals surface area (Å²) in [5.41, 5.74) is 0.512. The lowest BCUT2D eigenvalue weighted by Gasteiger charge is -2.36. The topological polar surface area (TPSA) is 78.0 Å². The summed E-state index contributed by atoms with van der Waals surface area (Å²) >= 11 is 0. The van der Waals surface area contributed by atoms with Crippen LogP contribution < -0.4 is 15.4 Å². The summed E-state index contributed by atoms with van der Waals surface area (Å²) in [5, 5.41) is 7.22. The van der Waals surface area contributed by atoms with Crippen LogP contribution in [0.1, 0.15) is 0 Å². The number of nitrogens with zero attached hydrogens (tertiary/aromatic N) is 5. The van der Waals surface area contributed by atoms with Crippen LogP contribution >= 0.6 is 0 Å². The minimum atomic E-state index is -0.297. The van der Waals surface area contributed by atoms with Gasteiger partial charge in [-0.15, -0.1) is 0 Å². The van der Waals surface area contributed by atoms with Crippen LogP contribution in [0.25, 0.3) is 10.9 Å². The van der Waals surface area contributed by atoms with Crippen molar-refractivity contribution in [2.24, 2.45) is 0 Å². The zero-order valence-corrected chi connectivity index (χ0v) is 12.8. The summed E-state index contributed by atoms with van der Waals surface area (Å²) in [5.74, 6) is 1.19. The molecule has 4 rings (SSSR count). The fraction of sp³-hybridized carbons (Fsp3) is 0.250. The van der Waals surface area contributed by atoms with Crippen molar-refractivity contribution in [1.82, 2.24) is 20.2 Å². The summed E-state index contributed by atoms with van der Waals surface area (Å²) in [7, 11) is 0. The maximum absolute atomic E-state index is 13.6. The highest BCUT2D eigenvalue weighted by Crippen LogP contribution is 2.25. The number of aromatic amines is 1. The molecule has 3 aromatic rings. The fourth-order valence-electron chi connectivity index (χ4n) is 2.93. The van der Waals surface area contributed by atoms with Gasteiger partial charge in [0.15, 0.2) is 0 Å². The van der Waals surface area contributed by atoms with Crippen molar-refractivity contribution in [3.05, 3.63) is 52.8 Å². The average Bonchev–Trinajstić information content (AvgIpc) is 2.62. The van der Waals surface area contributed by atoms with Crippen LogP contribution in [0.5, 0.6) is 0 Å². The van der Waals surface area contributed by atoms with Crippen molar-refractivity contribution in [3.8, 4) is 0 Å². The predicted molar refractivity (Wildman–Crippen MR) is 88.8 cm³/mol. The number of aromatic nitrogens is 4. The van der Waals surface area contributed by atoms with E-state index >= 15 is 0 Å². The molecule has 0 aliphatic carbocycles. The van der Waals surface area contributed by atoms with E-state index in [4.69, 9.17) is 0 Å². The standard InChI is InChI=1S/C16H15FN6O/c17-11-1-2-13-12(9-11)16(19-10-18-13)23-7-5-22(6-8-23)14-3-4-15(24)21-20-14/h1-4,9-10H,5-8H2,(H,21,24). The second kappa shape index (κ2) is 5.88. The number of rotatable bonds is 2. The largest absolute Gasteiger partial charge is 0.352 e. The molecule has 0 spiro atoms. The van der Waals surface area contributed by atoms with E-state index in [2.05, 4.69) is 30.0 Å². The Labute approximate surface area is 136 Å². The zero-order valence-electron chi connectivity index (χ0n) is 12.8. The van der Waals surface area contributed by atoms with Crippen molar-refractivity contribution in [1.29, 1.82) is 0 Å². The van der Waals surface area contributed by atoms with Crippen LogP contribution in [0.4, 0.5) is 16.0 Å². The van der Waals surface area contributed by atoms with Crippen LogP contribution in [-0.2, 0) is 0 Å². The Morgan fingerprint density at radius 3 is 2.54 bits per heavy atom. The number of benzene rings is 1. The molecule has 0 radical (unpaired) electrons. The molecular formula is C16H15FN6O.